The number of carbonyl (C=O) groups is 1. The Morgan fingerprint density at radius 1 is 1.38 bits per heavy atom. The van der Waals surface area contributed by atoms with E-state index in [4.69, 9.17) is 5.11 Å². The average molecular weight is 221 g/mol. The van der Waals surface area contributed by atoms with Gasteiger partial charge >= 0.3 is 0 Å². The molecule has 1 saturated heterocycles. The SMILES string of the molecule is O=C1CC(CO)CN1Cc1ccccc1O. The summed E-state index contributed by atoms with van der Waals surface area (Å²) in [5, 5.41) is 18.6. The smallest absolute Gasteiger partial charge is 0.223 e. The second-order valence-electron chi connectivity index (χ2n) is 4.16. The molecule has 1 aromatic carbocycles. The molecule has 2 rings (SSSR count). The molecule has 0 aromatic heterocycles. The average Bonchev–Trinajstić information content (AvgIpc) is 2.63. The maximum absolute atomic E-state index is 11.6. The molecule has 2 N–H and O–H groups in total. The number of nitrogens with zero attached hydrogens (tertiary/aromatic N) is 1. The number of likely N-dealkylation sites (tertiary alicyclic amines) is 1. The second kappa shape index (κ2) is 4.53. The quantitative estimate of drug-likeness (QED) is 0.791. The van der Waals surface area contributed by atoms with Gasteiger partial charge in [0.25, 0.3) is 0 Å². The molecule has 0 saturated carbocycles. The molecule has 1 aliphatic rings. The lowest BCUT2D eigenvalue weighted by atomic mass is 10.1. The van der Waals surface area contributed by atoms with E-state index in [-0.39, 0.29) is 24.2 Å². The summed E-state index contributed by atoms with van der Waals surface area (Å²) in [6.07, 6.45) is 0.407. The number of hydrogen-bond acceptors (Lipinski definition) is 3. The van der Waals surface area contributed by atoms with Gasteiger partial charge in [-0.1, -0.05) is 18.2 Å². The minimum Gasteiger partial charge on any atom is -0.508 e. The van der Waals surface area contributed by atoms with E-state index in [9.17, 15) is 9.90 Å². The van der Waals surface area contributed by atoms with Crippen LogP contribution in [0.1, 0.15) is 12.0 Å². The maximum Gasteiger partial charge on any atom is 0.223 e. The third-order valence-electron chi connectivity index (χ3n) is 2.91. The molecule has 0 aliphatic carbocycles. The Morgan fingerprint density at radius 2 is 2.12 bits per heavy atom. The zero-order chi connectivity index (χ0) is 11.5. The molecule has 1 aliphatic heterocycles. The third-order valence-corrected chi connectivity index (χ3v) is 2.91. The molecule has 0 spiro atoms. The van der Waals surface area contributed by atoms with Crippen LogP contribution in [-0.2, 0) is 11.3 Å². The molecule has 0 bridgehead atoms. The number of amides is 1. The Bertz CT molecular complexity index is 392. The zero-order valence-corrected chi connectivity index (χ0v) is 8.97. The number of phenolic OH excluding ortho intramolecular Hbond substituents is 1. The number of aliphatic hydroxyl groups is 1. The van der Waals surface area contributed by atoms with Gasteiger partial charge in [-0.15, -0.1) is 0 Å². The highest BCUT2D eigenvalue weighted by Gasteiger charge is 2.29. The predicted octanol–water partition coefficient (Wildman–Crippen LogP) is 0.733. The maximum atomic E-state index is 11.6. The fraction of sp³-hybridized carbons (Fsp3) is 0.417. The summed E-state index contributed by atoms with van der Waals surface area (Å²) < 4.78 is 0. The Balaban J connectivity index is 2.06. The van der Waals surface area contributed by atoms with Crippen molar-refractivity contribution in [3.8, 4) is 5.75 Å². The Labute approximate surface area is 94.1 Å². The van der Waals surface area contributed by atoms with E-state index in [1.165, 1.54) is 0 Å². The van der Waals surface area contributed by atoms with Crippen molar-refractivity contribution >= 4 is 5.91 Å². The molecule has 1 unspecified atom stereocenters. The molecule has 4 heteroatoms. The first kappa shape index (κ1) is 11.0. The van der Waals surface area contributed by atoms with Crippen molar-refractivity contribution in [2.24, 2.45) is 5.92 Å². The third kappa shape index (κ3) is 2.17. The summed E-state index contributed by atoms with van der Waals surface area (Å²) in [4.78, 5) is 13.3. The lowest BCUT2D eigenvalue weighted by Crippen LogP contribution is -2.24. The Hall–Kier alpha value is -1.55. The molecule has 16 heavy (non-hydrogen) atoms. The number of para-hydroxylation sites is 1. The molecule has 4 nitrogen and oxygen atoms in total. The summed E-state index contributed by atoms with van der Waals surface area (Å²) >= 11 is 0. The molecule has 1 aromatic rings. The van der Waals surface area contributed by atoms with Gasteiger partial charge in [-0.05, 0) is 6.07 Å². The van der Waals surface area contributed by atoms with Gasteiger partial charge in [0.1, 0.15) is 5.75 Å². The van der Waals surface area contributed by atoms with Crippen molar-refractivity contribution < 1.29 is 15.0 Å². The molecule has 1 heterocycles. The van der Waals surface area contributed by atoms with Gasteiger partial charge in [0.05, 0.1) is 0 Å². The van der Waals surface area contributed by atoms with Gasteiger partial charge < -0.3 is 15.1 Å². The van der Waals surface area contributed by atoms with E-state index >= 15 is 0 Å². The summed E-state index contributed by atoms with van der Waals surface area (Å²) in [7, 11) is 0. The summed E-state index contributed by atoms with van der Waals surface area (Å²) in [6.45, 7) is 1.04. The van der Waals surface area contributed by atoms with E-state index in [0.717, 1.165) is 5.56 Å². The molecular weight excluding hydrogens is 206 g/mol. The fourth-order valence-corrected chi connectivity index (χ4v) is 1.98. The Kier molecular flexibility index (Phi) is 3.10. The van der Waals surface area contributed by atoms with E-state index < -0.39 is 0 Å². The van der Waals surface area contributed by atoms with Crippen molar-refractivity contribution in [3.05, 3.63) is 29.8 Å². The van der Waals surface area contributed by atoms with E-state index in [0.29, 0.717) is 19.5 Å². The first-order valence-corrected chi connectivity index (χ1v) is 5.36. The van der Waals surface area contributed by atoms with E-state index in [1.54, 1.807) is 23.1 Å². The number of phenols is 1. The summed E-state index contributed by atoms with van der Waals surface area (Å²) in [6, 6.07) is 6.99. The predicted molar refractivity (Wildman–Crippen MR) is 58.7 cm³/mol. The van der Waals surface area contributed by atoms with Crippen molar-refractivity contribution in [1.29, 1.82) is 0 Å². The highest BCUT2D eigenvalue weighted by Crippen LogP contribution is 2.23. The fourth-order valence-electron chi connectivity index (χ4n) is 1.98. The van der Waals surface area contributed by atoms with Crippen LogP contribution in [0.25, 0.3) is 0 Å². The van der Waals surface area contributed by atoms with Gasteiger partial charge in [0, 0.05) is 37.6 Å². The monoisotopic (exact) mass is 221 g/mol. The van der Waals surface area contributed by atoms with Crippen LogP contribution in [0, 0.1) is 5.92 Å². The van der Waals surface area contributed by atoms with Crippen LogP contribution in [0.3, 0.4) is 0 Å². The van der Waals surface area contributed by atoms with Crippen LogP contribution in [0.15, 0.2) is 24.3 Å². The number of aromatic hydroxyl groups is 1. The molecular formula is C12H15NO3. The number of rotatable bonds is 3. The molecule has 1 atom stereocenters. The lowest BCUT2D eigenvalue weighted by Gasteiger charge is -2.16. The van der Waals surface area contributed by atoms with Gasteiger partial charge in [0.2, 0.25) is 5.91 Å². The van der Waals surface area contributed by atoms with Gasteiger partial charge in [-0.3, -0.25) is 4.79 Å². The van der Waals surface area contributed by atoms with Crippen LogP contribution < -0.4 is 0 Å². The summed E-state index contributed by atoms with van der Waals surface area (Å²) in [5.74, 6) is 0.295. The molecule has 1 fully saturated rings. The summed E-state index contributed by atoms with van der Waals surface area (Å²) in [5.41, 5.74) is 0.745. The minimum atomic E-state index is 0.0401. The molecule has 0 radical (unpaired) electrons. The number of benzene rings is 1. The second-order valence-corrected chi connectivity index (χ2v) is 4.16. The zero-order valence-electron chi connectivity index (χ0n) is 8.97. The molecule has 86 valence electrons. The number of carbonyl (C=O) groups excluding carboxylic acids is 1. The lowest BCUT2D eigenvalue weighted by molar-refractivity contribution is -0.128. The van der Waals surface area contributed by atoms with Crippen molar-refractivity contribution in [3.63, 3.8) is 0 Å². The van der Waals surface area contributed by atoms with E-state index in [1.807, 2.05) is 6.07 Å². The van der Waals surface area contributed by atoms with Crippen LogP contribution in [-0.4, -0.2) is 34.2 Å². The van der Waals surface area contributed by atoms with Crippen LogP contribution in [0.2, 0.25) is 0 Å². The van der Waals surface area contributed by atoms with Crippen LogP contribution >= 0.6 is 0 Å². The van der Waals surface area contributed by atoms with Crippen molar-refractivity contribution in [2.75, 3.05) is 13.2 Å². The van der Waals surface area contributed by atoms with Crippen molar-refractivity contribution in [2.45, 2.75) is 13.0 Å². The highest BCUT2D eigenvalue weighted by atomic mass is 16.3. The molecule has 1 amide bonds. The Morgan fingerprint density at radius 3 is 2.75 bits per heavy atom. The van der Waals surface area contributed by atoms with Gasteiger partial charge in [0.15, 0.2) is 0 Å². The first-order valence-electron chi connectivity index (χ1n) is 5.36. The topological polar surface area (TPSA) is 60.8 Å². The standard InChI is InChI=1S/C12H15NO3/c14-8-9-5-12(16)13(6-9)7-10-3-1-2-4-11(10)15/h1-4,9,14-15H,5-8H2. The first-order chi connectivity index (χ1) is 7.70. The van der Waals surface area contributed by atoms with Gasteiger partial charge in [-0.25, -0.2) is 0 Å². The van der Waals surface area contributed by atoms with Gasteiger partial charge in [-0.2, -0.15) is 0 Å². The minimum absolute atomic E-state index is 0.0401. The number of aliphatic hydroxyl groups excluding tert-OH is 1. The van der Waals surface area contributed by atoms with E-state index in [2.05, 4.69) is 0 Å². The normalized spacial score (nSPS) is 20.4. The van der Waals surface area contributed by atoms with Crippen LogP contribution in [0.4, 0.5) is 0 Å². The number of hydrogen-bond donors (Lipinski definition) is 2. The van der Waals surface area contributed by atoms with Crippen molar-refractivity contribution in [1.82, 2.24) is 4.90 Å². The largest absolute Gasteiger partial charge is 0.508 e. The van der Waals surface area contributed by atoms with Crippen LogP contribution in [0.5, 0.6) is 5.75 Å². The highest BCUT2D eigenvalue weighted by molar-refractivity contribution is 5.78.